The first kappa shape index (κ1) is 20.4. The monoisotopic (exact) mass is 358 g/mol. The predicted octanol–water partition coefficient (Wildman–Crippen LogP) is 3.68. The van der Waals surface area contributed by atoms with Crippen LogP contribution in [-0.2, 0) is 9.59 Å². The van der Waals surface area contributed by atoms with E-state index in [1.165, 1.54) is 37.5 Å². The van der Waals surface area contributed by atoms with Gasteiger partial charge in [0.2, 0.25) is 11.8 Å². The smallest absolute Gasteiger partial charge is 0.243 e. The summed E-state index contributed by atoms with van der Waals surface area (Å²) in [5, 5.41) is 6.55. The molecule has 2 amide bonds. The van der Waals surface area contributed by atoms with E-state index in [0.717, 1.165) is 24.5 Å². The van der Waals surface area contributed by atoms with Crippen LogP contribution in [-0.4, -0.2) is 35.9 Å². The Bertz CT molecular complexity index is 370. The molecule has 132 valence electrons. The molecule has 1 heterocycles. The summed E-state index contributed by atoms with van der Waals surface area (Å²) in [5.74, 6) is 1.37. The van der Waals surface area contributed by atoms with Crippen molar-refractivity contribution in [1.82, 2.24) is 10.6 Å². The van der Waals surface area contributed by atoms with Gasteiger partial charge in [0, 0.05) is 30.5 Å². The maximum absolute atomic E-state index is 11.7. The highest BCUT2D eigenvalue weighted by atomic mass is 33.1. The molecule has 0 aromatic carbocycles. The second-order valence-corrected chi connectivity index (χ2v) is 8.56. The van der Waals surface area contributed by atoms with Crippen LogP contribution in [0.3, 0.4) is 0 Å². The first-order chi connectivity index (χ1) is 11.2. The molecule has 2 N–H and O–H groups in total. The number of carbonyl (C=O) groups excluding carboxylic acids is 2. The SMILES string of the molecule is CC=CC(=O)NCCCNC(=O)CCCCCCC1CCSS1. The number of rotatable bonds is 12. The molecule has 1 fully saturated rings. The molecule has 0 spiro atoms. The molecule has 0 aromatic heterocycles. The Balaban J connectivity index is 1.83. The van der Waals surface area contributed by atoms with Gasteiger partial charge in [0.15, 0.2) is 0 Å². The summed E-state index contributed by atoms with van der Waals surface area (Å²) < 4.78 is 0. The Morgan fingerprint density at radius 3 is 2.61 bits per heavy atom. The molecular weight excluding hydrogens is 328 g/mol. The average molecular weight is 359 g/mol. The van der Waals surface area contributed by atoms with Crippen LogP contribution >= 0.6 is 21.6 Å². The van der Waals surface area contributed by atoms with E-state index in [1.54, 1.807) is 6.08 Å². The molecule has 1 unspecified atom stereocenters. The normalized spacial score (nSPS) is 17.5. The van der Waals surface area contributed by atoms with Gasteiger partial charge in [-0.3, -0.25) is 9.59 Å². The van der Waals surface area contributed by atoms with Gasteiger partial charge < -0.3 is 10.6 Å². The summed E-state index contributed by atoms with van der Waals surface area (Å²) >= 11 is 0. The van der Waals surface area contributed by atoms with E-state index in [9.17, 15) is 9.59 Å². The van der Waals surface area contributed by atoms with Crippen LogP contribution in [0.4, 0.5) is 0 Å². The minimum absolute atomic E-state index is 0.0755. The highest BCUT2D eigenvalue weighted by Gasteiger charge is 2.15. The lowest BCUT2D eigenvalue weighted by Gasteiger charge is -2.07. The van der Waals surface area contributed by atoms with Gasteiger partial charge in [-0.2, -0.15) is 0 Å². The second-order valence-electron chi connectivity index (χ2n) is 5.78. The van der Waals surface area contributed by atoms with E-state index in [0.29, 0.717) is 19.5 Å². The van der Waals surface area contributed by atoms with Crippen molar-refractivity contribution in [2.45, 2.75) is 63.5 Å². The fourth-order valence-electron chi connectivity index (χ4n) is 2.40. The highest BCUT2D eigenvalue weighted by Crippen LogP contribution is 2.39. The highest BCUT2D eigenvalue weighted by molar-refractivity contribution is 8.77. The van der Waals surface area contributed by atoms with Crippen molar-refractivity contribution < 1.29 is 9.59 Å². The Hall–Kier alpha value is -0.620. The Kier molecular flexibility index (Phi) is 12.2. The number of nitrogens with one attached hydrogen (secondary N) is 2. The lowest BCUT2D eigenvalue weighted by atomic mass is 10.1. The maximum atomic E-state index is 11.7. The number of amides is 2. The second kappa shape index (κ2) is 13.8. The van der Waals surface area contributed by atoms with Crippen molar-refractivity contribution >= 4 is 33.4 Å². The molecule has 1 atom stereocenters. The Labute approximate surface area is 148 Å². The third-order valence-corrected chi connectivity index (χ3v) is 6.71. The predicted molar refractivity (Wildman–Crippen MR) is 102 cm³/mol. The van der Waals surface area contributed by atoms with E-state index in [-0.39, 0.29) is 11.8 Å². The van der Waals surface area contributed by atoms with E-state index in [2.05, 4.69) is 21.4 Å². The van der Waals surface area contributed by atoms with Crippen LogP contribution in [0.15, 0.2) is 12.2 Å². The maximum Gasteiger partial charge on any atom is 0.243 e. The third-order valence-electron chi connectivity index (χ3n) is 3.70. The molecule has 0 bridgehead atoms. The lowest BCUT2D eigenvalue weighted by molar-refractivity contribution is -0.121. The number of carbonyl (C=O) groups is 2. The molecule has 23 heavy (non-hydrogen) atoms. The van der Waals surface area contributed by atoms with Crippen LogP contribution in [0.2, 0.25) is 0 Å². The number of hydrogen-bond acceptors (Lipinski definition) is 4. The summed E-state index contributed by atoms with van der Waals surface area (Å²) in [6.45, 7) is 3.04. The number of allylic oxidation sites excluding steroid dienone is 1. The minimum Gasteiger partial charge on any atom is -0.356 e. The zero-order valence-corrected chi connectivity index (χ0v) is 15.8. The molecular formula is C17H30N2O2S2. The van der Waals surface area contributed by atoms with Crippen LogP contribution < -0.4 is 10.6 Å². The summed E-state index contributed by atoms with van der Waals surface area (Å²) in [6, 6.07) is 0. The van der Waals surface area contributed by atoms with Crippen molar-refractivity contribution in [2.24, 2.45) is 0 Å². The number of unbranched alkanes of at least 4 members (excludes halogenated alkanes) is 3. The molecule has 0 radical (unpaired) electrons. The van der Waals surface area contributed by atoms with Gasteiger partial charge in [-0.1, -0.05) is 46.9 Å². The van der Waals surface area contributed by atoms with Crippen LogP contribution in [0, 0.1) is 0 Å². The largest absolute Gasteiger partial charge is 0.356 e. The van der Waals surface area contributed by atoms with Crippen LogP contribution in [0.5, 0.6) is 0 Å². The molecule has 0 aliphatic carbocycles. The van der Waals surface area contributed by atoms with Crippen LogP contribution in [0.25, 0.3) is 0 Å². The topological polar surface area (TPSA) is 58.2 Å². The Morgan fingerprint density at radius 2 is 1.87 bits per heavy atom. The molecule has 0 aromatic rings. The van der Waals surface area contributed by atoms with Gasteiger partial charge >= 0.3 is 0 Å². The zero-order valence-electron chi connectivity index (χ0n) is 14.1. The van der Waals surface area contributed by atoms with Gasteiger partial charge in [0.05, 0.1) is 0 Å². The number of hydrogen-bond donors (Lipinski definition) is 2. The van der Waals surface area contributed by atoms with Gasteiger partial charge in [0.25, 0.3) is 0 Å². The third kappa shape index (κ3) is 11.5. The van der Waals surface area contributed by atoms with Gasteiger partial charge in [-0.15, -0.1) is 0 Å². The van der Waals surface area contributed by atoms with Crippen molar-refractivity contribution in [2.75, 3.05) is 18.8 Å². The molecule has 1 aliphatic rings. The average Bonchev–Trinajstić information content (AvgIpc) is 3.04. The fraction of sp³-hybridized carbons (Fsp3) is 0.765. The molecule has 1 aliphatic heterocycles. The first-order valence-corrected chi connectivity index (χ1v) is 11.1. The van der Waals surface area contributed by atoms with Crippen molar-refractivity contribution in [3.05, 3.63) is 12.2 Å². The Morgan fingerprint density at radius 1 is 1.09 bits per heavy atom. The van der Waals surface area contributed by atoms with Gasteiger partial charge in [-0.25, -0.2) is 0 Å². The van der Waals surface area contributed by atoms with Crippen molar-refractivity contribution in [3.8, 4) is 0 Å². The quantitative estimate of drug-likeness (QED) is 0.317. The van der Waals surface area contributed by atoms with Crippen LogP contribution in [0.1, 0.15) is 58.3 Å². The standard InChI is InChI=1S/C17H30N2O2S2/c1-2-8-16(20)18-12-7-13-19-17(21)10-6-4-3-5-9-15-11-14-22-23-15/h2,8,15H,3-7,9-14H2,1H3,(H,18,20)(H,19,21). The lowest BCUT2D eigenvalue weighted by Crippen LogP contribution is -2.28. The van der Waals surface area contributed by atoms with Crippen molar-refractivity contribution in [1.29, 1.82) is 0 Å². The molecule has 4 nitrogen and oxygen atoms in total. The van der Waals surface area contributed by atoms with E-state index in [1.807, 2.05) is 17.7 Å². The zero-order chi connectivity index (χ0) is 16.8. The summed E-state index contributed by atoms with van der Waals surface area (Å²) in [4.78, 5) is 22.8. The summed E-state index contributed by atoms with van der Waals surface area (Å²) in [7, 11) is 4.06. The van der Waals surface area contributed by atoms with Crippen molar-refractivity contribution in [3.63, 3.8) is 0 Å². The van der Waals surface area contributed by atoms with E-state index < -0.39 is 0 Å². The van der Waals surface area contributed by atoms with E-state index >= 15 is 0 Å². The summed E-state index contributed by atoms with van der Waals surface area (Å²) in [5.41, 5.74) is 0. The fourth-order valence-corrected chi connectivity index (χ4v) is 5.43. The molecule has 1 saturated heterocycles. The van der Waals surface area contributed by atoms with Gasteiger partial charge in [-0.05, 0) is 38.7 Å². The summed E-state index contributed by atoms with van der Waals surface area (Å²) in [6.07, 6.45) is 12.0. The first-order valence-electron chi connectivity index (χ1n) is 8.68. The van der Waals surface area contributed by atoms with Gasteiger partial charge in [0.1, 0.15) is 0 Å². The molecule has 1 rings (SSSR count). The minimum atomic E-state index is -0.0755. The molecule has 0 saturated carbocycles. The van der Waals surface area contributed by atoms with E-state index in [4.69, 9.17) is 0 Å². The molecule has 6 heteroatoms.